The van der Waals surface area contributed by atoms with Gasteiger partial charge in [0.15, 0.2) is 0 Å². The number of aryl methyl sites for hydroxylation is 1. The molecule has 0 radical (unpaired) electrons. The van der Waals surface area contributed by atoms with E-state index in [0.29, 0.717) is 0 Å². The van der Waals surface area contributed by atoms with Gasteiger partial charge in [-0.2, -0.15) is 8.42 Å². The number of hydrogen-bond donors (Lipinski definition) is 0. The fourth-order valence-corrected chi connectivity index (χ4v) is 3.45. The Morgan fingerprint density at radius 3 is 1.94 bits per heavy atom. The van der Waals surface area contributed by atoms with Crippen molar-refractivity contribution in [1.29, 1.82) is 0 Å². The van der Waals surface area contributed by atoms with Crippen LogP contribution in [-0.4, -0.2) is 18.9 Å². The average molecular weight is 269 g/mol. The number of benzene rings is 1. The molecule has 1 aromatic carbocycles. The molecule has 0 fully saturated rings. The van der Waals surface area contributed by atoms with Crippen molar-refractivity contribution >= 4 is 19.8 Å². The largest absolute Gasteiger partial charge is 1.00 e. The van der Waals surface area contributed by atoms with Crippen molar-refractivity contribution < 1.29 is 42.2 Å². The average Bonchev–Trinajstić information content (AvgIpc) is 2.00. The molecule has 0 aliphatic carbocycles. The van der Waals surface area contributed by atoms with Gasteiger partial charge in [-0.1, -0.05) is 27.4 Å². The van der Waals surface area contributed by atoms with E-state index in [1.807, 2.05) is 6.92 Å². The van der Waals surface area contributed by atoms with E-state index >= 15 is 0 Å². The Labute approximate surface area is 119 Å². The molecule has 0 N–H and O–H groups in total. The van der Waals surface area contributed by atoms with Crippen molar-refractivity contribution in [3.8, 4) is 0 Å². The van der Waals surface area contributed by atoms with Gasteiger partial charge in [0, 0.05) is 0 Å². The van der Waals surface area contributed by atoms with Crippen LogP contribution in [-0.2, 0) is 19.8 Å². The van der Waals surface area contributed by atoms with Crippen molar-refractivity contribution in [3.05, 3.63) is 36.1 Å². The van der Waals surface area contributed by atoms with E-state index in [0.717, 1.165) is 5.56 Å². The molecule has 7 heteroatoms. The summed E-state index contributed by atoms with van der Waals surface area (Å²) in [6.07, 6.45) is 4.36. The molecule has 0 saturated heterocycles. The zero-order chi connectivity index (χ0) is 11.7. The summed E-state index contributed by atoms with van der Waals surface area (Å²) in [5.41, 5.74) is 0.945. The van der Waals surface area contributed by atoms with E-state index in [1.165, 1.54) is 18.4 Å². The zero-order valence-corrected chi connectivity index (χ0v) is 13.1. The van der Waals surface area contributed by atoms with Gasteiger partial charge in [-0.25, -0.2) is 6.26 Å². The number of nitrogens with zero attached hydrogens (tertiary/aromatic N) is 1. The molecular weight excluding hydrogens is 257 g/mol. The van der Waals surface area contributed by atoms with Gasteiger partial charge in [-0.3, -0.25) is 4.21 Å². The predicted molar refractivity (Wildman–Crippen MR) is 60.2 cm³/mol. The SMILES string of the molecule is [CH2-]S(C)(=O)=NS(=O)(=O)c1ccc(C)cc1.[Na+]. The van der Waals surface area contributed by atoms with E-state index < -0.39 is 19.8 Å². The Balaban J connectivity index is 0.00000225. The third-order valence-electron chi connectivity index (χ3n) is 1.57. The molecule has 1 rings (SSSR count). The predicted octanol–water partition coefficient (Wildman–Crippen LogP) is -1.42. The van der Waals surface area contributed by atoms with E-state index in [4.69, 9.17) is 0 Å². The van der Waals surface area contributed by atoms with Crippen molar-refractivity contribution in [1.82, 2.24) is 0 Å². The fourth-order valence-electron chi connectivity index (χ4n) is 0.961. The summed E-state index contributed by atoms with van der Waals surface area (Å²) in [6, 6.07) is 6.17. The first-order chi connectivity index (χ1) is 6.71. The summed E-state index contributed by atoms with van der Waals surface area (Å²) < 4.78 is 37.6. The molecule has 0 aliphatic rings. The standard InChI is InChI=1S/C9H12NO3S2.Na/c1-8-4-6-9(7-5-8)15(12,13)10-14(2,3)11;/h4-7H,2H2,1,3H3;/q-1;+1. The summed E-state index contributed by atoms with van der Waals surface area (Å²) >= 11 is 0. The van der Waals surface area contributed by atoms with Crippen LogP contribution in [0.25, 0.3) is 0 Å². The van der Waals surface area contributed by atoms with Crippen LogP contribution in [0.4, 0.5) is 0 Å². The van der Waals surface area contributed by atoms with Crippen LogP contribution in [0.5, 0.6) is 0 Å². The van der Waals surface area contributed by atoms with Gasteiger partial charge in [0.2, 0.25) is 0 Å². The Hall–Kier alpha value is 0.120. The minimum atomic E-state index is -3.85. The van der Waals surface area contributed by atoms with Crippen LogP contribution in [0.1, 0.15) is 5.56 Å². The van der Waals surface area contributed by atoms with Crippen LogP contribution < -0.4 is 29.6 Å². The second-order valence-corrected chi connectivity index (χ2v) is 7.26. The van der Waals surface area contributed by atoms with Gasteiger partial charge < -0.3 is 0 Å². The molecule has 0 aromatic heterocycles. The second-order valence-electron chi connectivity index (χ2n) is 3.32. The monoisotopic (exact) mass is 269 g/mol. The normalized spacial score (nSPS) is 14.7. The van der Waals surface area contributed by atoms with Crippen LogP contribution in [0.3, 0.4) is 0 Å². The van der Waals surface area contributed by atoms with Crippen molar-refractivity contribution in [2.45, 2.75) is 11.8 Å². The minimum Gasteiger partial charge on any atom is -0.282 e. The van der Waals surface area contributed by atoms with Crippen molar-refractivity contribution in [2.24, 2.45) is 3.77 Å². The third kappa shape index (κ3) is 4.97. The molecular formula is C9H12NNaO3S2. The Kier molecular flexibility index (Phi) is 5.68. The first-order valence-electron chi connectivity index (χ1n) is 4.09. The zero-order valence-electron chi connectivity index (χ0n) is 9.50. The maximum Gasteiger partial charge on any atom is 1.00 e. The van der Waals surface area contributed by atoms with Crippen LogP contribution in [0.2, 0.25) is 0 Å². The van der Waals surface area contributed by atoms with Gasteiger partial charge in [0.1, 0.15) is 0 Å². The molecule has 1 unspecified atom stereocenters. The topological polar surface area (TPSA) is 63.6 Å². The maximum atomic E-state index is 11.6. The molecule has 0 spiro atoms. The van der Waals surface area contributed by atoms with Crippen molar-refractivity contribution in [3.63, 3.8) is 0 Å². The second kappa shape index (κ2) is 5.64. The Morgan fingerprint density at radius 2 is 1.56 bits per heavy atom. The molecule has 1 aromatic rings. The third-order valence-corrected chi connectivity index (χ3v) is 4.49. The molecule has 0 aliphatic heterocycles. The van der Waals surface area contributed by atoms with Gasteiger partial charge in [-0.05, 0) is 25.3 Å². The maximum absolute atomic E-state index is 11.6. The van der Waals surface area contributed by atoms with Crippen LogP contribution >= 0.6 is 0 Å². The Bertz CT molecular complexity index is 561. The van der Waals surface area contributed by atoms with Gasteiger partial charge in [0.25, 0.3) is 10.0 Å². The first kappa shape index (κ1) is 16.1. The smallest absolute Gasteiger partial charge is 0.282 e. The summed E-state index contributed by atoms with van der Waals surface area (Å²) in [6.45, 7) is 1.85. The summed E-state index contributed by atoms with van der Waals surface area (Å²) in [5, 5.41) is 0. The molecule has 0 bridgehead atoms. The van der Waals surface area contributed by atoms with Crippen LogP contribution in [0, 0.1) is 13.2 Å². The summed E-state index contributed by atoms with van der Waals surface area (Å²) in [5.74, 6) is 0. The van der Waals surface area contributed by atoms with E-state index in [2.05, 4.69) is 10.0 Å². The summed E-state index contributed by atoms with van der Waals surface area (Å²) in [4.78, 5) is 0.0336. The molecule has 1 atom stereocenters. The minimum absolute atomic E-state index is 0. The molecule has 0 saturated carbocycles. The Morgan fingerprint density at radius 1 is 1.12 bits per heavy atom. The summed E-state index contributed by atoms with van der Waals surface area (Å²) in [7, 11) is -6.75. The quantitative estimate of drug-likeness (QED) is 0.489. The van der Waals surface area contributed by atoms with Crippen molar-refractivity contribution in [2.75, 3.05) is 6.26 Å². The van der Waals surface area contributed by atoms with Gasteiger partial charge >= 0.3 is 29.6 Å². The van der Waals surface area contributed by atoms with Gasteiger partial charge in [0.05, 0.1) is 4.90 Å². The molecule has 0 amide bonds. The molecule has 0 heterocycles. The molecule has 4 nitrogen and oxygen atoms in total. The molecule has 84 valence electrons. The van der Waals surface area contributed by atoms with Gasteiger partial charge in [-0.15, -0.1) is 3.77 Å². The number of rotatable bonds is 2. The molecule has 16 heavy (non-hydrogen) atoms. The van der Waals surface area contributed by atoms with E-state index in [-0.39, 0.29) is 34.5 Å². The fraction of sp³-hybridized carbons (Fsp3) is 0.222. The number of sulfonamides is 1. The van der Waals surface area contributed by atoms with E-state index in [1.54, 1.807) is 12.1 Å². The van der Waals surface area contributed by atoms with E-state index in [9.17, 15) is 12.6 Å². The number of hydrogen-bond acceptors (Lipinski definition) is 3. The van der Waals surface area contributed by atoms with Crippen LogP contribution in [0.15, 0.2) is 32.9 Å². The first-order valence-corrected chi connectivity index (χ1v) is 7.62.